The molecule has 26 heavy (non-hydrogen) atoms. The van der Waals surface area contributed by atoms with Crippen LogP contribution in [0.5, 0.6) is 0 Å². The molecule has 3 aromatic rings. The highest BCUT2D eigenvalue weighted by molar-refractivity contribution is 5.87. The van der Waals surface area contributed by atoms with Crippen molar-refractivity contribution in [2.24, 2.45) is 0 Å². The van der Waals surface area contributed by atoms with Gasteiger partial charge in [0.2, 0.25) is 0 Å². The van der Waals surface area contributed by atoms with Crippen LogP contribution in [-0.4, -0.2) is 60.3 Å². The summed E-state index contributed by atoms with van der Waals surface area (Å²) in [5, 5.41) is 5.50. The second-order valence-electron chi connectivity index (χ2n) is 6.25. The predicted molar refractivity (Wildman–Crippen MR) is 102 cm³/mol. The number of methoxy groups -OCH3 is 2. The first-order valence-electron chi connectivity index (χ1n) is 8.65. The van der Waals surface area contributed by atoms with E-state index in [2.05, 4.69) is 52.0 Å². The number of benzene rings is 1. The van der Waals surface area contributed by atoms with Crippen molar-refractivity contribution in [3.8, 4) is 5.69 Å². The zero-order chi connectivity index (χ0) is 18.5. The van der Waals surface area contributed by atoms with Crippen molar-refractivity contribution in [1.82, 2.24) is 19.7 Å². The lowest BCUT2D eigenvalue weighted by Gasteiger charge is -2.23. The molecule has 3 rings (SSSR count). The van der Waals surface area contributed by atoms with Crippen LogP contribution >= 0.6 is 0 Å². The van der Waals surface area contributed by atoms with Crippen LogP contribution in [0, 0.1) is 13.8 Å². The first kappa shape index (κ1) is 18.3. The molecule has 0 saturated heterocycles. The van der Waals surface area contributed by atoms with Crippen LogP contribution in [0.15, 0.2) is 30.7 Å². The Morgan fingerprint density at radius 1 is 1.04 bits per heavy atom. The van der Waals surface area contributed by atoms with E-state index in [0.29, 0.717) is 13.2 Å². The van der Waals surface area contributed by atoms with Crippen LogP contribution in [0.2, 0.25) is 0 Å². The number of aromatic nitrogens is 4. The molecule has 0 saturated carbocycles. The van der Waals surface area contributed by atoms with Gasteiger partial charge < -0.3 is 14.4 Å². The molecule has 0 atom stereocenters. The molecule has 7 nitrogen and oxygen atoms in total. The average Bonchev–Trinajstić information content (AvgIpc) is 3.06. The van der Waals surface area contributed by atoms with Gasteiger partial charge in [0.05, 0.1) is 30.5 Å². The van der Waals surface area contributed by atoms with Gasteiger partial charge in [-0.25, -0.2) is 14.6 Å². The quantitative estimate of drug-likeness (QED) is 0.619. The molecule has 0 amide bonds. The first-order valence-corrected chi connectivity index (χ1v) is 8.65. The molecule has 2 heterocycles. The SMILES string of the molecule is COCCN(CCOC)c1ncnc2c1cnn2-c1ccc(C)cc1C. The van der Waals surface area contributed by atoms with Crippen LogP contribution in [0.25, 0.3) is 16.7 Å². The number of ether oxygens (including phenoxy) is 2. The van der Waals surface area contributed by atoms with Crippen molar-refractivity contribution < 1.29 is 9.47 Å². The minimum Gasteiger partial charge on any atom is -0.383 e. The Balaban J connectivity index is 2.04. The van der Waals surface area contributed by atoms with E-state index in [-0.39, 0.29) is 0 Å². The Morgan fingerprint density at radius 3 is 2.42 bits per heavy atom. The summed E-state index contributed by atoms with van der Waals surface area (Å²) in [6.07, 6.45) is 3.42. The minimum absolute atomic E-state index is 0.612. The van der Waals surface area contributed by atoms with E-state index in [1.807, 2.05) is 10.9 Å². The van der Waals surface area contributed by atoms with Crippen LogP contribution in [0.4, 0.5) is 5.82 Å². The Labute approximate surface area is 153 Å². The average molecular weight is 355 g/mol. The van der Waals surface area contributed by atoms with Crippen LogP contribution in [0.1, 0.15) is 11.1 Å². The third kappa shape index (κ3) is 3.68. The molecule has 0 spiro atoms. The Kier molecular flexibility index (Phi) is 5.80. The number of aryl methyl sites for hydroxylation is 2. The lowest BCUT2D eigenvalue weighted by Crippen LogP contribution is -2.31. The van der Waals surface area contributed by atoms with Gasteiger partial charge in [0.25, 0.3) is 0 Å². The molecule has 0 aliphatic rings. The van der Waals surface area contributed by atoms with Gasteiger partial charge in [-0.1, -0.05) is 17.7 Å². The predicted octanol–water partition coefficient (Wildman–Crippen LogP) is 2.53. The smallest absolute Gasteiger partial charge is 0.168 e. The second-order valence-corrected chi connectivity index (χ2v) is 6.25. The van der Waals surface area contributed by atoms with Gasteiger partial charge in [0.15, 0.2) is 5.65 Å². The fraction of sp³-hybridized carbons (Fsp3) is 0.421. The fourth-order valence-corrected chi connectivity index (χ4v) is 3.03. The summed E-state index contributed by atoms with van der Waals surface area (Å²) in [4.78, 5) is 11.1. The number of fused-ring (bicyclic) bond motifs is 1. The molecular weight excluding hydrogens is 330 g/mol. The first-order chi connectivity index (χ1) is 12.7. The monoisotopic (exact) mass is 355 g/mol. The van der Waals surface area contributed by atoms with Crippen molar-refractivity contribution in [2.75, 3.05) is 45.4 Å². The molecule has 0 bridgehead atoms. The zero-order valence-corrected chi connectivity index (χ0v) is 15.8. The van der Waals surface area contributed by atoms with E-state index < -0.39 is 0 Å². The Morgan fingerprint density at radius 2 is 1.77 bits per heavy atom. The maximum absolute atomic E-state index is 5.24. The minimum atomic E-state index is 0.612. The largest absolute Gasteiger partial charge is 0.383 e. The summed E-state index contributed by atoms with van der Waals surface area (Å²) in [6.45, 7) is 6.84. The molecule has 0 unspecified atom stereocenters. The molecule has 0 fully saturated rings. The van der Waals surface area contributed by atoms with E-state index in [9.17, 15) is 0 Å². The van der Waals surface area contributed by atoms with Crippen molar-refractivity contribution in [3.05, 3.63) is 41.9 Å². The van der Waals surface area contributed by atoms with Crippen LogP contribution < -0.4 is 4.90 Å². The van der Waals surface area contributed by atoms with Crippen molar-refractivity contribution in [3.63, 3.8) is 0 Å². The maximum atomic E-state index is 5.24. The molecule has 0 radical (unpaired) electrons. The topological polar surface area (TPSA) is 65.3 Å². The lowest BCUT2D eigenvalue weighted by atomic mass is 10.1. The van der Waals surface area contributed by atoms with E-state index in [1.165, 1.54) is 5.56 Å². The van der Waals surface area contributed by atoms with Gasteiger partial charge >= 0.3 is 0 Å². The number of nitrogens with zero attached hydrogens (tertiary/aromatic N) is 5. The zero-order valence-electron chi connectivity index (χ0n) is 15.8. The standard InChI is InChI=1S/C19H25N5O2/c1-14-5-6-17(15(2)11-14)24-19-16(12-22-24)18(20-13-21-19)23(7-9-25-3)8-10-26-4/h5-6,11-13H,7-10H2,1-4H3. The lowest BCUT2D eigenvalue weighted by molar-refractivity contribution is 0.190. The van der Waals surface area contributed by atoms with Crippen molar-refractivity contribution in [2.45, 2.75) is 13.8 Å². The Hall–Kier alpha value is -2.51. The van der Waals surface area contributed by atoms with Crippen LogP contribution in [-0.2, 0) is 9.47 Å². The summed E-state index contributed by atoms with van der Waals surface area (Å²) in [5.41, 5.74) is 4.20. The highest BCUT2D eigenvalue weighted by Gasteiger charge is 2.17. The third-order valence-electron chi connectivity index (χ3n) is 4.36. The summed E-state index contributed by atoms with van der Waals surface area (Å²) in [7, 11) is 3.39. The molecule has 7 heteroatoms. The van der Waals surface area contributed by atoms with E-state index in [4.69, 9.17) is 9.47 Å². The van der Waals surface area contributed by atoms with Crippen LogP contribution in [0.3, 0.4) is 0 Å². The normalized spacial score (nSPS) is 11.2. The number of anilines is 1. The van der Waals surface area contributed by atoms with Gasteiger partial charge in [-0.05, 0) is 25.5 Å². The number of hydrogen-bond donors (Lipinski definition) is 0. The van der Waals surface area contributed by atoms with Gasteiger partial charge in [0.1, 0.15) is 12.1 Å². The summed E-state index contributed by atoms with van der Waals surface area (Å²) >= 11 is 0. The van der Waals surface area contributed by atoms with Gasteiger partial charge in [0, 0.05) is 27.3 Å². The number of hydrogen-bond acceptors (Lipinski definition) is 6. The van der Waals surface area contributed by atoms with Gasteiger partial charge in [-0.3, -0.25) is 0 Å². The highest BCUT2D eigenvalue weighted by atomic mass is 16.5. The van der Waals surface area contributed by atoms with Crippen molar-refractivity contribution in [1.29, 1.82) is 0 Å². The highest BCUT2D eigenvalue weighted by Crippen LogP contribution is 2.26. The Bertz CT molecular complexity index is 869. The van der Waals surface area contributed by atoms with Gasteiger partial charge in [-0.15, -0.1) is 0 Å². The maximum Gasteiger partial charge on any atom is 0.168 e. The molecule has 0 N–H and O–H groups in total. The van der Waals surface area contributed by atoms with Crippen molar-refractivity contribution >= 4 is 16.9 Å². The summed E-state index contributed by atoms with van der Waals surface area (Å²) < 4.78 is 12.4. The second kappa shape index (κ2) is 8.25. The van der Waals surface area contributed by atoms with Gasteiger partial charge in [-0.2, -0.15) is 5.10 Å². The third-order valence-corrected chi connectivity index (χ3v) is 4.36. The number of rotatable bonds is 8. The molecule has 0 aliphatic heterocycles. The molecule has 0 aliphatic carbocycles. The fourth-order valence-electron chi connectivity index (χ4n) is 3.03. The van der Waals surface area contributed by atoms with E-state index in [1.54, 1.807) is 20.5 Å². The summed E-state index contributed by atoms with van der Waals surface area (Å²) in [6, 6.07) is 6.31. The summed E-state index contributed by atoms with van der Waals surface area (Å²) in [5.74, 6) is 0.847. The van der Waals surface area contributed by atoms with E-state index >= 15 is 0 Å². The molecule has 2 aromatic heterocycles. The molecule has 138 valence electrons. The molecular formula is C19H25N5O2. The molecule has 1 aromatic carbocycles. The van der Waals surface area contributed by atoms with E-state index in [0.717, 1.165) is 41.2 Å².